The molecule has 1 fully saturated rings. The lowest BCUT2D eigenvalue weighted by Crippen LogP contribution is -2.57. The predicted octanol–water partition coefficient (Wildman–Crippen LogP) is 0.0355. The number of ether oxygens (including phenoxy) is 2. The molecule has 0 aromatic rings. The van der Waals surface area contributed by atoms with Gasteiger partial charge in [0, 0.05) is 13.7 Å². The molecule has 1 aliphatic heterocycles. The second kappa shape index (κ2) is 6.18. The van der Waals surface area contributed by atoms with Gasteiger partial charge < -0.3 is 20.5 Å². The predicted molar refractivity (Wildman–Crippen MR) is 61.1 cm³/mol. The average molecular weight is 230 g/mol. The van der Waals surface area contributed by atoms with E-state index in [1.165, 1.54) is 0 Å². The molecule has 2 unspecified atom stereocenters. The van der Waals surface area contributed by atoms with E-state index >= 15 is 0 Å². The fraction of sp³-hybridized carbons (Fsp3) is 0.909. The Bertz CT molecular complexity index is 221. The summed E-state index contributed by atoms with van der Waals surface area (Å²) in [4.78, 5) is 12.0. The van der Waals surface area contributed by atoms with Crippen LogP contribution in [0.2, 0.25) is 0 Å². The van der Waals surface area contributed by atoms with Crippen LogP contribution in [0, 0.1) is 0 Å². The molecule has 5 heteroatoms. The van der Waals surface area contributed by atoms with E-state index in [0.29, 0.717) is 26.2 Å². The second-order valence-electron chi connectivity index (χ2n) is 4.37. The molecule has 0 spiro atoms. The Balaban J connectivity index is 2.46. The second-order valence-corrected chi connectivity index (χ2v) is 4.37. The zero-order valence-corrected chi connectivity index (χ0v) is 10.1. The molecule has 0 aromatic carbocycles. The number of hydrogen-bond donors (Lipinski definition) is 2. The Morgan fingerprint density at radius 2 is 2.44 bits per heavy atom. The van der Waals surface area contributed by atoms with Crippen LogP contribution in [-0.4, -0.2) is 44.4 Å². The molecule has 1 rings (SSSR count). The SMILES string of the molecule is CCCC(COC)NC(=O)C1(N)CCOC1. The van der Waals surface area contributed by atoms with E-state index in [1.54, 1.807) is 7.11 Å². The van der Waals surface area contributed by atoms with Crippen LogP contribution in [0.1, 0.15) is 26.2 Å². The number of hydrogen-bond acceptors (Lipinski definition) is 4. The number of amides is 1. The molecule has 1 aliphatic rings. The quantitative estimate of drug-likeness (QED) is 0.675. The minimum atomic E-state index is -0.847. The molecular formula is C11H22N2O3. The van der Waals surface area contributed by atoms with Crippen molar-refractivity contribution in [3.05, 3.63) is 0 Å². The molecule has 5 nitrogen and oxygen atoms in total. The highest BCUT2D eigenvalue weighted by molar-refractivity contribution is 5.86. The van der Waals surface area contributed by atoms with Gasteiger partial charge in [0.2, 0.25) is 5.91 Å². The van der Waals surface area contributed by atoms with Crippen LogP contribution in [-0.2, 0) is 14.3 Å². The van der Waals surface area contributed by atoms with Crippen molar-refractivity contribution in [1.29, 1.82) is 0 Å². The fourth-order valence-electron chi connectivity index (χ4n) is 1.84. The molecule has 94 valence electrons. The highest BCUT2D eigenvalue weighted by Crippen LogP contribution is 2.16. The van der Waals surface area contributed by atoms with Gasteiger partial charge in [-0.05, 0) is 12.8 Å². The van der Waals surface area contributed by atoms with Gasteiger partial charge in [-0.15, -0.1) is 0 Å². The summed E-state index contributed by atoms with van der Waals surface area (Å²) in [5.74, 6) is -0.125. The molecule has 0 saturated carbocycles. The summed E-state index contributed by atoms with van der Waals surface area (Å²) in [5, 5.41) is 2.93. The van der Waals surface area contributed by atoms with Crippen LogP contribution in [0.4, 0.5) is 0 Å². The van der Waals surface area contributed by atoms with Crippen molar-refractivity contribution >= 4 is 5.91 Å². The first-order valence-electron chi connectivity index (χ1n) is 5.79. The Morgan fingerprint density at radius 3 is 2.94 bits per heavy atom. The van der Waals surface area contributed by atoms with E-state index in [9.17, 15) is 4.79 Å². The number of rotatable bonds is 6. The van der Waals surface area contributed by atoms with E-state index in [1.807, 2.05) is 0 Å². The summed E-state index contributed by atoms with van der Waals surface area (Å²) >= 11 is 0. The average Bonchev–Trinajstić information content (AvgIpc) is 2.67. The standard InChI is InChI=1S/C11H22N2O3/c1-3-4-9(7-15-2)13-10(14)11(12)5-6-16-8-11/h9H,3-8,12H2,1-2H3,(H,13,14). The number of nitrogens with two attached hydrogens (primary N) is 1. The summed E-state index contributed by atoms with van der Waals surface area (Å²) in [6.45, 7) is 3.47. The third kappa shape index (κ3) is 3.43. The number of carbonyl (C=O) groups excluding carboxylic acids is 1. The van der Waals surface area contributed by atoms with E-state index in [0.717, 1.165) is 12.8 Å². The lowest BCUT2D eigenvalue weighted by molar-refractivity contribution is -0.127. The molecule has 0 aromatic heterocycles. The summed E-state index contributed by atoms with van der Waals surface area (Å²) < 4.78 is 10.2. The van der Waals surface area contributed by atoms with Gasteiger partial charge >= 0.3 is 0 Å². The third-order valence-corrected chi connectivity index (χ3v) is 2.84. The molecule has 0 radical (unpaired) electrons. The highest BCUT2D eigenvalue weighted by atomic mass is 16.5. The van der Waals surface area contributed by atoms with Gasteiger partial charge in [0.15, 0.2) is 0 Å². The molecule has 0 bridgehead atoms. The molecule has 2 atom stereocenters. The molecule has 0 aliphatic carbocycles. The molecule has 1 saturated heterocycles. The molecule has 16 heavy (non-hydrogen) atoms. The zero-order chi connectivity index (χ0) is 12.0. The smallest absolute Gasteiger partial charge is 0.242 e. The lowest BCUT2D eigenvalue weighted by Gasteiger charge is -2.25. The Labute approximate surface area is 96.7 Å². The van der Waals surface area contributed by atoms with Gasteiger partial charge in [-0.3, -0.25) is 4.79 Å². The van der Waals surface area contributed by atoms with Crippen molar-refractivity contribution in [2.45, 2.75) is 37.8 Å². The minimum absolute atomic E-state index is 0.0449. The van der Waals surface area contributed by atoms with E-state index < -0.39 is 5.54 Å². The largest absolute Gasteiger partial charge is 0.383 e. The summed E-state index contributed by atoms with van der Waals surface area (Å²) in [7, 11) is 1.63. The van der Waals surface area contributed by atoms with Crippen molar-refractivity contribution < 1.29 is 14.3 Å². The van der Waals surface area contributed by atoms with Gasteiger partial charge in [-0.1, -0.05) is 13.3 Å². The number of methoxy groups -OCH3 is 1. The summed E-state index contributed by atoms with van der Waals surface area (Å²) in [6, 6.07) is 0.0449. The van der Waals surface area contributed by atoms with Crippen LogP contribution in [0.25, 0.3) is 0 Å². The van der Waals surface area contributed by atoms with Crippen molar-refractivity contribution in [3.63, 3.8) is 0 Å². The van der Waals surface area contributed by atoms with Crippen LogP contribution in [0.5, 0.6) is 0 Å². The van der Waals surface area contributed by atoms with Crippen molar-refractivity contribution in [3.8, 4) is 0 Å². The summed E-state index contributed by atoms with van der Waals surface area (Å²) in [5.41, 5.74) is 5.12. The monoisotopic (exact) mass is 230 g/mol. The Kier molecular flexibility index (Phi) is 5.18. The third-order valence-electron chi connectivity index (χ3n) is 2.84. The van der Waals surface area contributed by atoms with Crippen molar-refractivity contribution in [2.24, 2.45) is 5.73 Å². The molecular weight excluding hydrogens is 208 g/mol. The normalized spacial score (nSPS) is 26.7. The van der Waals surface area contributed by atoms with Gasteiger partial charge in [-0.25, -0.2) is 0 Å². The van der Waals surface area contributed by atoms with Gasteiger partial charge in [0.05, 0.1) is 19.3 Å². The van der Waals surface area contributed by atoms with Crippen LogP contribution in [0.3, 0.4) is 0 Å². The Morgan fingerprint density at radius 1 is 1.69 bits per heavy atom. The molecule has 1 amide bonds. The lowest BCUT2D eigenvalue weighted by atomic mass is 9.98. The summed E-state index contributed by atoms with van der Waals surface area (Å²) in [6.07, 6.45) is 2.49. The van der Waals surface area contributed by atoms with Gasteiger partial charge in [0.1, 0.15) is 5.54 Å². The first-order valence-corrected chi connectivity index (χ1v) is 5.79. The fourth-order valence-corrected chi connectivity index (χ4v) is 1.84. The molecule has 1 heterocycles. The maximum absolute atomic E-state index is 12.0. The number of nitrogens with one attached hydrogen (secondary N) is 1. The zero-order valence-electron chi connectivity index (χ0n) is 10.1. The van der Waals surface area contributed by atoms with Crippen LogP contribution < -0.4 is 11.1 Å². The van der Waals surface area contributed by atoms with E-state index in [-0.39, 0.29) is 11.9 Å². The maximum Gasteiger partial charge on any atom is 0.242 e. The number of carbonyl (C=O) groups is 1. The minimum Gasteiger partial charge on any atom is -0.383 e. The van der Waals surface area contributed by atoms with Crippen LogP contribution >= 0.6 is 0 Å². The van der Waals surface area contributed by atoms with Crippen LogP contribution in [0.15, 0.2) is 0 Å². The first-order chi connectivity index (χ1) is 7.62. The maximum atomic E-state index is 12.0. The topological polar surface area (TPSA) is 73.6 Å². The van der Waals surface area contributed by atoms with Crippen molar-refractivity contribution in [2.75, 3.05) is 26.9 Å². The molecule has 3 N–H and O–H groups in total. The highest BCUT2D eigenvalue weighted by Gasteiger charge is 2.38. The van der Waals surface area contributed by atoms with E-state index in [4.69, 9.17) is 15.2 Å². The first kappa shape index (κ1) is 13.4. The Hall–Kier alpha value is -0.650. The van der Waals surface area contributed by atoms with E-state index in [2.05, 4.69) is 12.2 Å². The van der Waals surface area contributed by atoms with Crippen molar-refractivity contribution in [1.82, 2.24) is 5.32 Å². The van der Waals surface area contributed by atoms with Gasteiger partial charge in [0.25, 0.3) is 0 Å². The van der Waals surface area contributed by atoms with Gasteiger partial charge in [-0.2, -0.15) is 0 Å².